The molecule has 6 heteroatoms. The molecule has 0 aliphatic heterocycles. The van der Waals surface area contributed by atoms with Crippen LogP contribution in [0.3, 0.4) is 0 Å². The van der Waals surface area contributed by atoms with Crippen LogP contribution >= 0.6 is 0 Å². The Bertz CT molecular complexity index is 403. The average Bonchev–Trinajstić information content (AvgIpc) is 2.97. The summed E-state index contributed by atoms with van der Waals surface area (Å²) < 4.78 is 0. The summed E-state index contributed by atoms with van der Waals surface area (Å²) in [4.78, 5) is 34.5. The third-order valence-electron chi connectivity index (χ3n) is 4.28. The lowest BCUT2D eigenvalue weighted by Gasteiger charge is -2.16. The van der Waals surface area contributed by atoms with Crippen LogP contribution in [0.4, 0.5) is 0 Å². The highest BCUT2D eigenvalue weighted by Gasteiger charge is 2.21. The number of rotatable bonds is 10. The molecule has 3 N–H and O–H groups in total. The van der Waals surface area contributed by atoms with Crippen molar-refractivity contribution < 1.29 is 19.5 Å². The molecule has 1 aliphatic rings. The van der Waals surface area contributed by atoms with E-state index in [1.54, 1.807) is 0 Å². The van der Waals surface area contributed by atoms with Gasteiger partial charge in [-0.1, -0.05) is 39.5 Å². The van der Waals surface area contributed by atoms with Crippen LogP contribution in [-0.2, 0) is 14.4 Å². The summed E-state index contributed by atoms with van der Waals surface area (Å²) in [7, 11) is 0. The van der Waals surface area contributed by atoms with Gasteiger partial charge in [0.05, 0.1) is 6.54 Å². The van der Waals surface area contributed by atoms with Crippen LogP contribution in [0.5, 0.6) is 0 Å². The quantitative estimate of drug-likeness (QED) is 0.573. The zero-order valence-corrected chi connectivity index (χ0v) is 14.3. The Morgan fingerprint density at radius 1 is 1.13 bits per heavy atom. The van der Waals surface area contributed by atoms with E-state index in [0.717, 1.165) is 18.8 Å². The van der Waals surface area contributed by atoms with Gasteiger partial charge in [0.1, 0.15) is 6.04 Å². The van der Waals surface area contributed by atoms with Crippen LogP contribution < -0.4 is 10.6 Å². The van der Waals surface area contributed by atoms with Gasteiger partial charge in [-0.25, -0.2) is 4.79 Å². The lowest BCUT2D eigenvalue weighted by atomic mass is 10.0. The van der Waals surface area contributed by atoms with Crippen LogP contribution in [0, 0.1) is 11.8 Å². The highest BCUT2D eigenvalue weighted by atomic mass is 16.4. The Hall–Kier alpha value is -1.59. The summed E-state index contributed by atoms with van der Waals surface area (Å²) in [5.41, 5.74) is 0. The molecule has 1 fully saturated rings. The minimum Gasteiger partial charge on any atom is -0.480 e. The number of carboxylic acids is 1. The van der Waals surface area contributed by atoms with Gasteiger partial charge in [0.25, 0.3) is 0 Å². The minimum absolute atomic E-state index is 0.145. The molecule has 0 unspecified atom stereocenters. The Morgan fingerprint density at radius 2 is 1.78 bits per heavy atom. The SMILES string of the molecule is CC(C)C[C@H](NC(=O)CNC(=O)CCCC1CCCC1)C(=O)O. The number of carbonyl (C=O) groups excluding carboxylic acids is 2. The number of carbonyl (C=O) groups is 3. The molecule has 0 spiro atoms. The topological polar surface area (TPSA) is 95.5 Å². The summed E-state index contributed by atoms with van der Waals surface area (Å²) in [5.74, 6) is -0.717. The van der Waals surface area contributed by atoms with Gasteiger partial charge in [0, 0.05) is 6.42 Å². The molecular weight excluding hydrogens is 296 g/mol. The zero-order valence-electron chi connectivity index (χ0n) is 14.3. The maximum absolute atomic E-state index is 11.7. The molecule has 2 amide bonds. The van der Waals surface area contributed by atoms with Gasteiger partial charge in [-0.15, -0.1) is 0 Å². The van der Waals surface area contributed by atoms with E-state index in [2.05, 4.69) is 10.6 Å². The van der Waals surface area contributed by atoms with Gasteiger partial charge in [0.2, 0.25) is 11.8 Å². The van der Waals surface area contributed by atoms with Gasteiger partial charge in [-0.05, 0) is 31.1 Å². The lowest BCUT2D eigenvalue weighted by Crippen LogP contribution is -2.46. The molecule has 1 aliphatic carbocycles. The lowest BCUT2D eigenvalue weighted by molar-refractivity contribution is -0.142. The molecule has 23 heavy (non-hydrogen) atoms. The first kappa shape index (κ1) is 19.5. The molecule has 1 atom stereocenters. The van der Waals surface area contributed by atoms with E-state index < -0.39 is 17.9 Å². The molecule has 132 valence electrons. The predicted octanol–water partition coefficient (Wildman–Crippen LogP) is 2.08. The van der Waals surface area contributed by atoms with Crippen molar-refractivity contribution in [3.8, 4) is 0 Å². The average molecular weight is 326 g/mol. The fraction of sp³-hybridized carbons (Fsp3) is 0.824. The highest BCUT2D eigenvalue weighted by Crippen LogP contribution is 2.28. The highest BCUT2D eigenvalue weighted by molar-refractivity contribution is 5.87. The zero-order chi connectivity index (χ0) is 17.2. The third kappa shape index (κ3) is 8.57. The Labute approximate surface area is 138 Å². The van der Waals surface area contributed by atoms with Crippen molar-refractivity contribution >= 4 is 17.8 Å². The van der Waals surface area contributed by atoms with Gasteiger partial charge in [-0.2, -0.15) is 0 Å². The molecule has 0 bridgehead atoms. The number of amides is 2. The molecule has 0 heterocycles. The molecular formula is C17H30N2O4. The first-order valence-corrected chi connectivity index (χ1v) is 8.67. The minimum atomic E-state index is -1.05. The van der Waals surface area contributed by atoms with Gasteiger partial charge in [-0.3, -0.25) is 9.59 Å². The van der Waals surface area contributed by atoms with E-state index in [-0.39, 0.29) is 18.4 Å². The maximum Gasteiger partial charge on any atom is 0.326 e. The van der Waals surface area contributed by atoms with Crippen molar-refractivity contribution in [2.45, 2.75) is 71.3 Å². The smallest absolute Gasteiger partial charge is 0.326 e. The standard InChI is InChI=1S/C17H30N2O4/c1-12(2)10-14(17(22)23)19-16(21)11-18-15(20)9-5-8-13-6-3-4-7-13/h12-14H,3-11H2,1-2H3,(H,18,20)(H,19,21)(H,22,23)/t14-/m0/s1. The first-order valence-electron chi connectivity index (χ1n) is 8.67. The summed E-state index contributed by atoms with van der Waals surface area (Å²) in [5, 5.41) is 14.1. The molecule has 0 radical (unpaired) electrons. The number of nitrogens with one attached hydrogen (secondary N) is 2. The molecule has 0 aromatic heterocycles. The number of hydrogen-bond donors (Lipinski definition) is 3. The normalized spacial score (nSPS) is 16.3. The summed E-state index contributed by atoms with van der Waals surface area (Å²) in [6.45, 7) is 3.63. The molecule has 1 saturated carbocycles. The van der Waals surface area contributed by atoms with E-state index in [4.69, 9.17) is 5.11 Å². The van der Waals surface area contributed by atoms with Crippen LogP contribution in [-0.4, -0.2) is 35.5 Å². The third-order valence-corrected chi connectivity index (χ3v) is 4.28. The summed E-state index contributed by atoms with van der Waals surface area (Å²) in [6.07, 6.45) is 7.88. The van der Waals surface area contributed by atoms with E-state index in [9.17, 15) is 14.4 Å². The predicted molar refractivity (Wildman–Crippen MR) is 87.8 cm³/mol. The Balaban J connectivity index is 2.17. The Morgan fingerprint density at radius 3 is 2.35 bits per heavy atom. The molecule has 6 nitrogen and oxygen atoms in total. The van der Waals surface area contributed by atoms with Crippen LogP contribution in [0.1, 0.15) is 65.2 Å². The summed E-state index contributed by atoms with van der Waals surface area (Å²) >= 11 is 0. The number of carboxylic acid groups (broad SMARTS) is 1. The van der Waals surface area contributed by atoms with Crippen LogP contribution in [0.25, 0.3) is 0 Å². The van der Waals surface area contributed by atoms with Crippen molar-refractivity contribution in [1.82, 2.24) is 10.6 Å². The van der Waals surface area contributed by atoms with Crippen molar-refractivity contribution in [2.24, 2.45) is 11.8 Å². The van der Waals surface area contributed by atoms with Gasteiger partial charge < -0.3 is 15.7 Å². The summed E-state index contributed by atoms with van der Waals surface area (Å²) in [6, 6.07) is -0.901. The van der Waals surface area contributed by atoms with Gasteiger partial charge >= 0.3 is 5.97 Å². The molecule has 1 rings (SSSR count). The second kappa shape index (κ2) is 10.2. The molecule has 0 aromatic rings. The number of hydrogen-bond acceptors (Lipinski definition) is 3. The maximum atomic E-state index is 11.7. The largest absolute Gasteiger partial charge is 0.480 e. The number of aliphatic carboxylic acids is 1. The van der Waals surface area contributed by atoms with Crippen molar-refractivity contribution in [2.75, 3.05) is 6.54 Å². The van der Waals surface area contributed by atoms with Crippen LogP contribution in [0.15, 0.2) is 0 Å². The fourth-order valence-electron chi connectivity index (χ4n) is 3.06. The van der Waals surface area contributed by atoms with Crippen molar-refractivity contribution in [3.63, 3.8) is 0 Å². The van der Waals surface area contributed by atoms with E-state index in [1.165, 1.54) is 25.7 Å². The first-order chi connectivity index (χ1) is 10.9. The van der Waals surface area contributed by atoms with Crippen LogP contribution in [0.2, 0.25) is 0 Å². The van der Waals surface area contributed by atoms with Gasteiger partial charge in [0.15, 0.2) is 0 Å². The van der Waals surface area contributed by atoms with E-state index in [0.29, 0.717) is 12.8 Å². The molecule has 0 saturated heterocycles. The second-order valence-corrected chi connectivity index (χ2v) is 6.91. The van der Waals surface area contributed by atoms with E-state index >= 15 is 0 Å². The Kier molecular flexibility index (Phi) is 8.66. The fourth-order valence-corrected chi connectivity index (χ4v) is 3.06. The monoisotopic (exact) mass is 326 g/mol. The van der Waals surface area contributed by atoms with E-state index in [1.807, 2.05) is 13.8 Å². The molecule has 0 aromatic carbocycles. The van der Waals surface area contributed by atoms with Crippen molar-refractivity contribution in [3.05, 3.63) is 0 Å². The van der Waals surface area contributed by atoms with Crippen molar-refractivity contribution in [1.29, 1.82) is 0 Å². The second-order valence-electron chi connectivity index (χ2n) is 6.91.